The van der Waals surface area contributed by atoms with Crippen molar-refractivity contribution in [1.82, 2.24) is 19.3 Å². The first kappa shape index (κ1) is 15.1. The van der Waals surface area contributed by atoms with Gasteiger partial charge < -0.3 is 4.57 Å². The number of sulfonamides is 1. The fraction of sp³-hybridized carbons (Fsp3) is 0.333. The van der Waals surface area contributed by atoms with Crippen LogP contribution in [0, 0.1) is 0 Å². The van der Waals surface area contributed by atoms with Gasteiger partial charge in [0, 0.05) is 42.3 Å². The van der Waals surface area contributed by atoms with E-state index in [-0.39, 0.29) is 4.90 Å². The summed E-state index contributed by atoms with van der Waals surface area (Å²) in [6.45, 7) is 1.24. The molecule has 0 aliphatic heterocycles. The second kappa shape index (κ2) is 6.96. The third kappa shape index (κ3) is 4.39. The van der Waals surface area contributed by atoms with Crippen molar-refractivity contribution >= 4 is 26.0 Å². The van der Waals surface area contributed by atoms with E-state index in [4.69, 9.17) is 0 Å². The van der Waals surface area contributed by atoms with Crippen molar-refractivity contribution < 1.29 is 8.42 Å². The van der Waals surface area contributed by atoms with Crippen LogP contribution in [0.4, 0.5) is 0 Å². The van der Waals surface area contributed by atoms with Crippen LogP contribution in [0.15, 0.2) is 46.5 Å². The van der Waals surface area contributed by atoms with Gasteiger partial charge in [-0.15, -0.1) is 0 Å². The number of hydrogen-bond donors (Lipinski definition) is 1. The topological polar surface area (TPSA) is 76.9 Å². The normalized spacial score (nSPS) is 11.7. The molecule has 1 N–H and O–H groups in total. The maximum Gasteiger partial charge on any atom is 0.242 e. The number of hydrogen-bond acceptors (Lipinski definition) is 4. The molecule has 0 unspecified atom stereocenters. The smallest absolute Gasteiger partial charge is 0.242 e. The third-order valence-electron chi connectivity index (χ3n) is 2.68. The lowest BCUT2D eigenvalue weighted by Crippen LogP contribution is -2.25. The van der Waals surface area contributed by atoms with Crippen LogP contribution in [0.3, 0.4) is 0 Å². The number of imidazole rings is 1. The predicted octanol–water partition coefficient (Wildman–Crippen LogP) is 1.80. The second-order valence-electron chi connectivity index (χ2n) is 4.24. The first-order chi connectivity index (χ1) is 9.58. The zero-order chi connectivity index (χ0) is 14.4. The summed E-state index contributed by atoms with van der Waals surface area (Å²) in [6, 6.07) is 1.53. The number of pyridine rings is 1. The van der Waals surface area contributed by atoms with Crippen LogP contribution in [0.5, 0.6) is 0 Å². The lowest BCUT2D eigenvalue weighted by Gasteiger charge is -2.07. The van der Waals surface area contributed by atoms with Gasteiger partial charge in [-0.05, 0) is 34.8 Å². The lowest BCUT2D eigenvalue weighted by atomic mass is 10.3. The van der Waals surface area contributed by atoms with Gasteiger partial charge in [0.25, 0.3) is 0 Å². The molecule has 0 radical (unpaired) electrons. The van der Waals surface area contributed by atoms with Gasteiger partial charge in [0.15, 0.2) is 0 Å². The highest BCUT2D eigenvalue weighted by Crippen LogP contribution is 2.13. The summed E-state index contributed by atoms with van der Waals surface area (Å²) in [5.41, 5.74) is 0. The first-order valence-electron chi connectivity index (χ1n) is 6.14. The first-order valence-corrected chi connectivity index (χ1v) is 8.41. The van der Waals surface area contributed by atoms with Crippen LogP contribution in [0.1, 0.15) is 12.8 Å². The van der Waals surface area contributed by atoms with Gasteiger partial charge in [0.2, 0.25) is 10.0 Å². The molecule has 2 rings (SSSR count). The van der Waals surface area contributed by atoms with Crippen LogP contribution < -0.4 is 4.72 Å². The van der Waals surface area contributed by atoms with Gasteiger partial charge in [-0.2, -0.15) is 0 Å². The SMILES string of the molecule is O=S(=O)(NCCCCn1ccnc1)c1cncc(Br)c1. The summed E-state index contributed by atoms with van der Waals surface area (Å²) in [4.78, 5) is 7.97. The summed E-state index contributed by atoms with van der Waals surface area (Å²) >= 11 is 3.21. The fourth-order valence-electron chi connectivity index (χ4n) is 1.67. The van der Waals surface area contributed by atoms with E-state index in [1.54, 1.807) is 18.7 Å². The molecule has 0 bridgehead atoms. The highest BCUT2D eigenvalue weighted by Gasteiger charge is 2.13. The molecular weight excluding hydrogens is 344 g/mol. The molecule has 0 fully saturated rings. The maximum atomic E-state index is 12.0. The number of nitrogens with zero attached hydrogens (tertiary/aromatic N) is 3. The molecule has 0 amide bonds. The van der Waals surface area contributed by atoms with Crippen molar-refractivity contribution in [3.63, 3.8) is 0 Å². The van der Waals surface area contributed by atoms with Gasteiger partial charge in [0.1, 0.15) is 4.90 Å². The Bertz CT molecular complexity index is 643. The Labute approximate surface area is 126 Å². The quantitative estimate of drug-likeness (QED) is 0.765. The van der Waals surface area contributed by atoms with Crippen molar-refractivity contribution in [2.75, 3.05) is 6.54 Å². The van der Waals surface area contributed by atoms with Crippen LogP contribution >= 0.6 is 15.9 Å². The molecule has 6 nitrogen and oxygen atoms in total. The summed E-state index contributed by atoms with van der Waals surface area (Å²) in [6.07, 6.45) is 9.88. The second-order valence-corrected chi connectivity index (χ2v) is 6.93. The Kier molecular flexibility index (Phi) is 5.27. The van der Waals surface area contributed by atoms with E-state index in [1.807, 2.05) is 10.8 Å². The minimum absolute atomic E-state index is 0.168. The van der Waals surface area contributed by atoms with Crippen molar-refractivity contribution in [2.24, 2.45) is 0 Å². The zero-order valence-corrected chi connectivity index (χ0v) is 13.1. The molecule has 2 heterocycles. The van der Waals surface area contributed by atoms with Gasteiger partial charge in [-0.1, -0.05) is 0 Å². The zero-order valence-electron chi connectivity index (χ0n) is 10.7. The molecule has 108 valence electrons. The van der Waals surface area contributed by atoms with Crippen LogP contribution in [-0.2, 0) is 16.6 Å². The molecular formula is C12H15BrN4O2S. The minimum Gasteiger partial charge on any atom is -0.337 e. The van der Waals surface area contributed by atoms with Gasteiger partial charge in [0.05, 0.1) is 6.33 Å². The average molecular weight is 359 g/mol. The van der Waals surface area contributed by atoms with Crippen molar-refractivity contribution in [3.8, 4) is 0 Å². The van der Waals surface area contributed by atoms with Crippen LogP contribution in [0.25, 0.3) is 0 Å². The van der Waals surface area contributed by atoms with Gasteiger partial charge in [-0.25, -0.2) is 18.1 Å². The monoisotopic (exact) mass is 358 g/mol. The van der Waals surface area contributed by atoms with Crippen molar-refractivity contribution in [2.45, 2.75) is 24.3 Å². The molecule has 0 aliphatic carbocycles. The number of aryl methyl sites for hydroxylation is 1. The lowest BCUT2D eigenvalue weighted by molar-refractivity contribution is 0.565. The number of aromatic nitrogens is 3. The van der Waals surface area contributed by atoms with Crippen molar-refractivity contribution in [3.05, 3.63) is 41.7 Å². The van der Waals surface area contributed by atoms with E-state index in [0.717, 1.165) is 19.4 Å². The molecule has 2 aromatic heterocycles. The summed E-state index contributed by atoms with van der Waals surface area (Å²) in [5, 5.41) is 0. The third-order valence-corrected chi connectivity index (χ3v) is 4.55. The molecule has 0 atom stereocenters. The highest BCUT2D eigenvalue weighted by molar-refractivity contribution is 9.10. The number of rotatable bonds is 7. The largest absolute Gasteiger partial charge is 0.337 e. The van der Waals surface area contributed by atoms with E-state index in [2.05, 4.69) is 30.6 Å². The molecule has 0 aliphatic rings. The van der Waals surface area contributed by atoms with Crippen molar-refractivity contribution in [1.29, 1.82) is 0 Å². The number of nitrogens with one attached hydrogen (secondary N) is 1. The minimum atomic E-state index is -3.48. The Morgan fingerprint density at radius 1 is 1.25 bits per heavy atom. The standard InChI is InChI=1S/C12H15BrN4O2S/c13-11-7-12(9-15-8-11)20(18,19)16-3-1-2-5-17-6-4-14-10-17/h4,6-10,16H,1-3,5H2. The molecule has 0 aromatic carbocycles. The van der Waals surface area contributed by atoms with Crippen LogP contribution in [0.2, 0.25) is 0 Å². The average Bonchev–Trinajstić information content (AvgIpc) is 2.91. The van der Waals surface area contributed by atoms with E-state index in [0.29, 0.717) is 11.0 Å². The van der Waals surface area contributed by atoms with Gasteiger partial charge >= 0.3 is 0 Å². The predicted molar refractivity (Wildman–Crippen MR) is 78.6 cm³/mol. The maximum absolute atomic E-state index is 12.0. The Balaban J connectivity index is 1.78. The summed E-state index contributed by atoms with van der Waals surface area (Å²) in [7, 11) is -3.48. The molecule has 20 heavy (non-hydrogen) atoms. The van der Waals surface area contributed by atoms with E-state index < -0.39 is 10.0 Å². The Hall–Kier alpha value is -1.25. The van der Waals surface area contributed by atoms with E-state index >= 15 is 0 Å². The van der Waals surface area contributed by atoms with Gasteiger partial charge in [-0.3, -0.25) is 4.98 Å². The van der Waals surface area contributed by atoms with Crippen LogP contribution in [-0.4, -0.2) is 29.5 Å². The van der Waals surface area contributed by atoms with E-state index in [9.17, 15) is 8.42 Å². The molecule has 8 heteroatoms. The number of unbranched alkanes of at least 4 members (excludes halogenated alkanes) is 1. The molecule has 0 saturated heterocycles. The Morgan fingerprint density at radius 3 is 2.80 bits per heavy atom. The summed E-state index contributed by atoms with van der Waals surface area (Å²) < 4.78 is 29.2. The van der Waals surface area contributed by atoms with E-state index in [1.165, 1.54) is 12.3 Å². The number of halogens is 1. The molecule has 0 saturated carbocycles. The summed E-state index contributed by atoms with van der Waals surface area (Å²) in [5.74, 6) is 0. The Morgan fingerprint density at radius 2 is 2.10 bits per heavy atom. The molecule has 0 spiro atoms. The fourth-order valence-corrected chi connectivity index (χ4v) is 3.25. The molecule has 2 aromatic rings. The highest BCUT2D eigenvalue weighted by atomic mass is 79.9.